The molecule has 0 amide bonds. The molecule has 1 heterocycles. The number of aromatic nitrogens is 2. The largest absolute Gasteiger partial charge is 0.366 e. The van der Waals surface area contributed by atoms with Gasteiger partial charge in [-0.1, -0.05) is 6.92 Å². The van der Waals surface area contributed by atoms with Crippen molar-refractivity contribution in [1.82, 2.24) is 9.97 Å². The van der Waals surface area contributed by atoms with Gasteiger partial charge in [0.25, 0.3) is 0 Å². The Morgan fingerprint density at radius 2 is 2.22 bits per heavy atom. The van der Waals surface area contributed by atoms with E-state index in [1.807, 2.05) is 11.8 Å². The van der Waals surface area contributed by atoms with Gasteiger partial charge in [-0.3, -0.25) is 0 Å². The molecule has 4 nitrogen and oxygen atoms in total. The Bertz CT molecular complexity index is 409. The summed E-state index contributed by atoms with van der Waals surface area (Å²) < 4.78 is 13.9. The molecular weight excluding hydrogens is 251 g/mol. The molecule has 0 aromatic carbocycles. The Morgan fingerprint density at radius 1 is 1.44 bits per heavy atom. The van der Waals surface area contributed by atoms with Crippen LogP contribution in [-0.2, 0) is 0 Å². The van der Waals surface area contributed by atoms with Gasteiger partial charge in [0.05, 0.1) is 6.20 Å². The highest BCUT2D eigenvalue weighted by Gasteiger charge is 2.41. The molecule has 1 saturated carbocycles. The highest BCUT2D eigenvalue weighted by molar-refractivity contribution is 8.00. The first-order valence-electron chi connectivity index (χ1n) is 6.24. The third-order valence-corrected chi connectivity index (χ3v) is 4.51. The number of anilines is 2. The Kier molecular flexibility index (Phi) is 4.27. The van der Waals surface area contributed by atoms with Gasteiger partial charge >= 0.3 is 0 Å². The smallest absolute Gasteiger partial charge is 0.224 e. The Labute approximate surface area is 111 Å². The lowest BCUT2D eigenvalue weighted by molar-refractivity contribution is 0.616. The van der Waals surface area contributed by atoms with Crippen LogP contribution in [0.5, 0.6) is 0 Å². The van der Waals surface area contributed by atoms with Crippen LogP contribution in [-0.4, -0.2) is 34.1 Å². The van der Waals surface area contributed by atoms with Crippen LogP contribution in [0.3, 0.4) is 0 Å². The van der Waals surface area contributed by atoms with E-state index in [0.717, 1.165) is 19.5 Å². The first-order chi connectivity index (χ1) is 8.69. The van der Waals surface area contributed by atoms with Crippen molar-refractivity contribution in [1.29, 1.82) is 0 Å². The van der Waals surface area contributed by atoms with Gasteiger partial charge in [0.2, 0.25) is 5.95 Å². The van der Waals surface area contributed by atoms with Crippen LogP contribution in [0.15, 0.2) is 6.20 Å². The van der Waals surface area contributed by atoms with E-state index in [0.29, 0.717) is 11.8 Å². The zero-order valence-corrected chi connectivity index (χ0v) is 11.6. The Hall–Kier alpha value is -1.04. The molecular formula is C12H19FN4S. The van der Waals surface area contributed by atoms with Crippen molar-refractivity contribution in [3.63, 3.8) is 0 Å². The summed E-state index contributed by atoms with van der Waals surface area (Å²) in [6.07, 6.45) is 6.67. The molecule has 0 aliphatic heterocycles. The zero-order chi connectivity index (χ0) is 13.0. The SMILES string of the molecule is CCCNc1ncc(F)c(NCC2(SC)CC2)n1. The number of thioether (sulfide) groups is 1. The molecule has 0 atom stereocenters. The van der Waals surface area contributed by atoms with Gasteiger partial charge in [-0.25, -0.2) is 9.37 Å². The maximum Gasteiger partial charge on any atom is 0.224 e. The van der Waals surface area contributed by atoms with E-state index >= 15 is 0 Å². The molecule has 0 spiro atoms. The first-order valence-corrected chi connectivity index (χ1v) is 7.47. The first kappa shape index (κ1) is 13.4. The molecule has 1 aliphatic carbocycles. The molecule has 100 valence electrons. The van der Waals surface area contributed by atoms with Crippen LogP contribution in [0.4, 0.5) is 16.2 Å². The van der Waals surface area contributed by atoms with E-state index in [9.17, 15) is 4.39 Å². The molecule has 1 aromatic rings. The summed E-state index contributed by atoms with van der Waals surface area (Å²) in [4.78, 5) is 8.07. The minimum atomic E-state index is -0.394. The topological polar surface area (TPSA) is 49.8 Å². The van der Waals surface area contributed by atoms with Gasteiger partial charge in [-0.05, 0) is 25.5 Å². The van der Waals surface area contributed by atoms with Crippen molar-refractivity contribution >= 4 is 23.5 Å². The third-order valence-electron chi connectivity index (χ3n) is 3.10. The van der Waals surface area contributed by atoms with Crippen molar-refractivity contribution in [2.24, 2.45) is 0 Å². The predicted octanol–water partition coefficient (Wildman–Crippen LogP) is 2.75. The number of hydrogen-bond donors (Lipinski definition) is 2. The normalized spacial score (nSPS) is 16.4. The van der Waals surface area contributed by atoms with Crippen molar-refractivity contribution in [2.75, 3.05) is 30.0 Å². The van der Waals surface area contributed by atoms with Gasteiger partial charge in [0.15, 0.2) is 11.6 Å². The van der Waals surface area contributed by atoms with Gasteiger partial charge in [0.1, 0.15) is 0 Å². The number of nitrogens with one attached hydrogen (secondary N) is 2. The van der Waals surface area contributed by atoms with E-state index in [4.69, 9.17) is 0 Å². The average molecular weight is 270 g/mol. The molecule has 0 saturated heterocycles. The molecule has 6 heteroatoms. The molecule has 1 aromatic heterocycles. The lowest BCUT2D eigenvalue weighted by Gasteiger charge is -2.14. The van der Waals surface area contributed by atoms with E-state index in [-0.39, 0.29) is 4.75 Å². The highest BCUT2D eigenvalue weighted by Crippen LogP contribution is 2.47. The van der Waals surface area contributed by atoms with Crippen molar-refractivity contribution in [2.45, 2.75) is 30.9 Å². The highest BCUT2D eigenvalue weighted by atomic mass is 32.2. The zero-order valence-electron chi connectivity index (χ0n) is 10.8. The summed E-state index contributed by atoms with van der Waals surface area (Å²) in [6, 6.07) is 0. The molecule has 2 N–H and O–H groups in total. The monoisotopic (exact) mass is 270 g/mol. The fourth-order valence-electron chi connectivity index (χ4n) is 1.65. The van der Waals surface area contributed by atoms with Gasteiger partial charge in [0, 0.05) is 17.8 Å². The number of rotatable bonds is 7. The molecule has 1 aliphatic rings. The van der Waals surface area contributed by atoms with Crippen LogP contribution in [0.25, 0.3) is 0 Å². The Morgan fingerprint density at radius 3 is 2.83 bits per heavy atom. The fourth-order valence-corrected chi connectivity index (χ4v) is 2.38. The van der Waals surface area contributed by atoms with E-state index in [1.54, 1.807) is 0 Å². The minimum Gasteiger partial charge on any atom is -0.366 e. The molecule has 0 unspecified atom stereocenters. The summed E-state index contributed by atoms with van der Waals surface area (Å²) in [5, 5.41) is 6.15. The molecule has 0 radical (unpaired) electrons. The lowest BCUT2D eigenvalue weighted by Crippen LogP contribution is -2.19. The maximum absolute atomic E-state index is 13.6. The van der Waals surface area contributed by atoms with Crippen molar-refractivity contribution in [3.05, 3.63) is 12.0 Å². The van der Waals surface area contributed by atoms with Crippen LogP contribution < -0.4 is 10.6 Å². The van der Waals surface area contributed by atoms with Crippen LogP contribution in [0.2, 0.25) is 0 Å². The van der Waals surface area contributed by atoms with Gasteiger partial charge in [-0.2, -0.15) is 16.7 Å². The molecule has 1 fully saturated rings. The number of hydrogen-bond acceptors (Lipinski definition) is 5. The summed E-state index contributed by atoms with van der Waals surface area (Å²) in [6.45, 7) is 3.61. The Balaban J connectivity index is 1.97. The quantitative estimate of drug-likeness (QED) is 0.798. The number of nitrogens with zero attached hydrogens (tertiary/aromatic N) is 2. The molecule has 0 bridgehead atoms. The summed E-state index contributed by atoms with van der Waals surface area (Å²) in [7, 11) is 0. The summed E-state index contributed by atoms with van der Waals surface area (Å²) >= 11 is 1.84. The second kappa shape index (κ2) is 5.73. The predicted molar refractivity (Wildman–Crippen MR) is 74.7 cm³/mol. The molecule has 18 heavy (non-hydrogen) atoms. The molecule has 2 rings (SSSR count). The van der Waals surface area contributed by atoms with Crippen LogP contribution in [0, 0.1) is 5.82 Å². The summed E-state index contributed by atoms with van der Waals surface area (Å²) in [5.74, 6) is 0.382. The maximum atomic E-state index is 13.6. The number of halogens is 1. The fraction of sp³-hybridized carbons (Fsp3) is 0.667. The van der Waals surface area contributed by atoms with E-state index in [2.05, 4.69) is 33.8 Å². The van der Waals surface area contributed by atoms with Gasteiger partial charge in [-0.15, -0.1) is 0 Å². The van der Waals surface area contributed by atoms with Crippen LogP contribution in [0.1, 0.15) is 26.2 Å². The second-order valence-corrected chi connectivity index (χ2v) is 5.83. The lowest BCUT2D eigenvalue weighted by atomic mass is 10.4. The standard InChI is InChI=1S/C12H19FN4S/c1-3-6-14-11-15-7-9(13)10(17-11)16-8-12(18-2)4-5-12/h7H,3-6,8H2,1-2H3,(H2,14,15,16,17). The van der Waals surface area contributed by atoms with Crippen molar-refractivity contribution < 1.29 is 4.39 Å². The third kappa shape index (κ3) is 3.25. The van der Waals surface area contributed by atoms with Crippen LogP contribution >= 0.6 is 11.8 Å². The van der Waals surface area contributed by atoms with Crippen molar-refractivity contribution in [3.8, 4) is 0 Å². The average Bonchev–Trinajstić information content (AvgIpc) is 3.17. The summed E-state index contributed by atoms with van der Waals surface area (Å²) in [5.41, 5.74) is 0. The minimum absolute atomic E-state index is 0.286. The van der Waals surface area contributed by atoms with Gasteiger partial charge < -0.3 is 10.6 Å². The van der Waals surface area contributed by atoms with E-state index in [1.165, 1.54) is 19.0 Å². The second-order valence-electron chi connectivity index (χ2n) is 4.56. The van der Waals surface area contributed by atoms with E-state index < -0.39 is 5.82 Å².